The quantitative estimate of drug-likeness (QED) is 0.736. The number of fused-ring (bicyclic) bond motifs is 2. The number of likely N-dealkylation sites (tertiary alicyclic amines) is 1. The van der Waals surface area contributed by atoms with Crippen LogP contribution in [0.1, 0.15) is 25.7 Å². The average molecular weight is 221 g/mol. The molecular formula is C14H23NO. The minimum atomic E-state index is 0.393. The third-order valence-electron chi connectivity index (χ3n) is 4.93. The van der Waals surface area contributed by atoms with Crippen LogP contribution in [-0.2, 0) is 0 Å². The molecule has 90 valence electrons. The fourth-order valence-electron chi connectivity index (χ4n) is 4.01. The Morgan fingerprint density at radius 1 is 1.00 bits per heavy atom. The summed E-state index contributed by atoms with van der Waals surface area (Å²) in [5, 5.41) is 9.54. The van der Waals surface area contributed by atoms with Crippen molar-refractivity contribution in [3.05, 3.63) is 12.2 Å². The second-order valence-corrected chi connectivity index (χ2v) is 5.82. The molecule has 0 aromatic heterocycles. The Morgan fingerprint density at radius 3 is 2.38 bits per heavy atom. The van der Waals surface area contributed by atoms with Gasteiger partial charge < -0.3 is 10.0 Å². The van der Waals surface area contributed by atoms with Crippen LogP contribution in [0.5, 0.6) is 0 Å². The molecule has 1 saturated carbocycles. The third-order valence-corrected chi connectivity index (χ3v) is 4.93. The monoisotopic (exact) mass is 221 g/mol. The van der Waals surface area contributed by atoms with Crippen LogP contribution >= 0.6 is 0 Å². The van der Waals surface area contributed by atoms with Gasteiger partial charge in [0.05, 0.1) is 0 Å². The molecule has 1 aliphatic heterocycles. The van der Waals surface area contributed by atoms with Crippen molar-refractivity contribution < 1.29 is 5.11 Å². The molecule has 0 amide bonds. The van der Waals surface area contributed by atoms with Gasteiger partial charge in [0.2, 0.25) is 0 Å². The molecular weight excluding hydrogens is 198 g/mol. The number of hydrogen-bond donors (Lipinski definition) is 1. The molecule has 0 unspecified atom stereocenters. The lowest BCUT2D eigenvalue weighted by molar-refractivity contribution is 0.115. The zero-order valence-corrected chi connectivity index (χ0v) is 10.0. The van der Waals surface area contributed by atoms with Crippen molar-refractivity contribution in [3.8, 4) is 0 Å². The maximum atomic E-state index is 9.54. The summed E-state index contributed by atoms with van der Waals surface area (Å²) >= 11 is 0. The molecule has 0 radical (unpaired) electrons. The number of allylic oxidation sites excluding steroid dienone is 2. The lowest BCUT2D eigenvalue weighted by atomic mass is 9.83. The van der Waals surface area contributed by atoms with Crippen molar-refractivity contribution >= 4 is 0 Å². The summed E-state index contributed by atoms with van der Waals surface area (Å²) in [7, 11) is 0. The van der Waals surface area contributed by atoms with Gasteiger partial charge in [-0.2, -0.15) is 0 Å². The van der Waals surface area contributed by atoms with Crippen molar-refractivity contribution in [2.45, 2.75) is 25.7 Å². The van der Waals surface area contributed by atoms with Gasteiger partial charge in [-0.05, 0) is 56.0 Å². The standard InChI is InChI=1S/C14H23NO/c16-10-14-12-5-4-11(8-12)13(14)9-15-6-2-1-3-7-15/h4-5,11-14,16H,1-3,6-10H2/t11-,12+,13-,14+/m0/s1. The Kier molecular flexibility index (Phi) is 3.03. The van der Waals surface area contributed by atoms with Crippen molar-refractivity contribution in [2.24, 2.45) is 23.7 Å². The first kappa shape index (κ1) is 10.8. The molecule has 4 atom stereocenters. The fraction of sp³-hybridized carbons (Fsp3) is 0.857. The van der Waals surface area contributed by atoms with Gasteiger partial charge in [-0.15, -0.1) is 0 Å². The highest BCUT2D eigenvalue weighted by atomic mass is 16.3. The summed E-state index contributed by atoms with van der Waals surface area (Å²) in [5.41, 5.74) is 0. The van der Waals surface area contributed by atoms with E-state index in [9.17, 15) is 5.11 Å². The Morgan fingerprint density at radius 2 is 1.69 bits per heavy atom. The molecule has 1 heterocycles. The van der Waals surface area contributed by atoms with Crippen molar-refractivity contribution in [1.82, 2.24) is 4.90 Å². The van der Waals surface area contributed by atoms with Crippen LogP contribution in [0.3, 0.4) is 0 Å². The Bertz CT molecular complexity index is 270. The van der Waals surface area contributed by atoms with Crippen LogP contribution in [0.4, 0.5) is 0 Å². The van der Waals surface area contributed by atoms with E-state index in [0.29, 0.717) is 18.4 Å². The van der Waals surface area contributed by atoms with Gasteiger partial charge >= 0.3 is 0 Å². The van der Waals surface area contributed by atoms with Gasteiger partial charge in [0.25, 0.3) is 0 Å². The first-order valence-electron chi connectivity index (χ1n) is 6.90. The van der Waals surface area contributed by atoms with Gasteiger partial charge in [-0.3, -0.25) is 0 Å². The van der Waals surface area contributed by atoms with E-state index >= 15 is 0 Å². The summed E-state index contributed by atoms with van der Waals surface area (Å²) < 4.78 is 0. The van der Waals surface area contributed by atoms with E-state index in [1.54, 1.807) is 0 Å². The van der Waals surface area contributed by atoms with Crippen LogP contribution in [0.15, 0.2) is 12.2 Å². The highest BCUT2D eigenvalue weighted by Gasteiger charge is 2.44. The molecule has 2 fully saturated rings. The molecule has 3 rings (SSSR count). The van der Waals surface area contributed by atoms with Gasteiger partial charge in [0.15, 0.2) is 0 Å². The lowest BCUT2D eigenvalue weighted by Gasteiger charge is -2.34. The SMILES string of the molecule is OC[C@H]1[C@@H](CN2CCCCC2)[C@H]2C=C[C@@H]1C2. The largest absolute Gasteiger partial charge is 0.396 e. The van der Waals surface area contributed by atoms with E-state index < -0.39 is 0 Å². The summed E-state index contributed by atoms with van der Waals surface area (Å²) in [4.78, 5) is 2.63. The molecule has 0 aromatic carbocycles. The normalized spacial score (nSPS) is 43.1. The maximum absolute atomic E-state index is 9.54. The lowest BCUT2D eigenvalue weighted by Crippen LogP contribution is -2.38. The molecule has 2 nitrogen and oxygen atoms in total. The third kappa shape index (κ3) is 1.82. The van der Waals surface area contributed by atoms with Crippen LogP contribution in [0, 0.1) is 23.7 Å². The van der Waals surface area contributed by atoms with Gasteiger partial charge in [-0.25, -0.2) is 0 Å². The van der Waals surface area contributed by atoms with E-state index in [0.717, 1.165) is 11.8 Å². The zero-order chi connectivity index (χ0) is 11.0. The summed E-state index contributed by atoms with van der Waals surface area (Å²) in [6.07, 6.45) is 10.2. The molecule has 2 bridgehead atoms. The highest BCUT2D eigenvalue weighted by molar-refractivity contribution is 5.13. The highest BCUT2D eigenvalue weighted by Crippen LogP contribution is 2.48. The van der Waals surface area contributed by atoms with Crippen LogP contribution in [-0.4, -0.2) is 36.2 Å². The van der Waals surface area contributed by atoms with E-state index in [-0.39, 0.29) is 0 Å². The Labute approximate surface area is 98.3 Å². The second-order valence-electron chi connectivity index (χ2n) is 5.82. The van der Waals surface area contributed by atoms with Crippen LogP contribution in [0.2, 0.25) is 0 Å². The van der Waals surface area contributed by atoms with Gasteiger partial charge in [-0.1, -0.05) is 18.6 Å². The number of aliphatic hydroxyl groups is 1. The fourth-order valence-corrected chi connectivity index (χ4v) is 4.01. The van der Waals surface area contributed by atoms with Crippen LogP contribution in [0.25, 0.3) is 0 Å². The smallest absolute Gasteiger partial charge is 0.0468 e. The molecule has 16 heavy (non-hydrogen) atoms. The molecule has 2 heteroatoms. The number of nitrogens with zero attached hydrogens (tertiary/aromatic N) is 1. The predicted molar refractivity (Wildman–Crippen MR) is 65.1 cm³/mol. The van der Waals surface area contributed by atoms with Crippen molar-refractivity contribution in [1.29, 1.82) is 0 Å². The average Bonchev–Trinajstić information content (AvgIpc) is 2.91. The van der Waals surface area contributed by atoms with E-state index in [4.69, 9.17) is 0 Å². The Balaban J connectivity index is 1.63. The van der Waals surface area contributed by atoms with E-state index in [1.165, 1.54) is 45.3 Å². The maximum Gasteiger partial charge on any atom is 0.0468 e. The molecule has 1 saturated heterocycles. The minimum absolute atomic E-state index is 0.393. The molecule has 0 aromatic rings. The molecule has 0 spiro atoms. The Hall–Kier alpha value is -0.340. The second kappa shape index (κ2) is 4.50. The molecule has 3 aliphatic rings. The van der Waals surface area contributed by atoms with Crippen molar-refractivity contribution in [3.63, 3.8) is 0 Å². The first-order valence-corrected chi connectivity index (χ1v) is 6.90. The number of aliphatic hydroxyl groups excluding tert-OH is 1. The number of rotatable bonds is 3. The number of piperidine rings is 1. The summed E-state index contributed by atoms with van der Waals surface area (Å²) in [6, 6.07) is 0. The number of hydrogen-bond acceptors (Lipinski definition) is 2. The van der Waals surface area contributed by atoms with Crippen molar-refractivity contribution in [2.75, 3.05) is 26.2 Å². The first-order chi connectivity index (χ1) is 7.88. The zero-order valence-electron chi connectivity index (χ0n) is 10.0. The van der Waals surface area contributed by atoms with E-state index in [1.807, 2.05) is 0 Å². The van der Waals surface area contributed by atoms with Gasteiger partial charge in [0, 0.05) is 13.2 Å². The summed E-state index contributed by atoms with van der Waals surface area (Å²) in [5.74, 6) is 2.74. The van der Waals surface area contributed by atoms with E-state index in [2.05, 4.69) is 17.1 Å². The minimum Gasteiger partial charge on any atom is -0.396 e. The predicted octanol–water partition coefficient (Wildman–Crippen LogP) is 1.90. The molecule has 1 N–H and O–H groups in total. The summed E-state index contributed by atoms with van der Waals surface area (Å²) in [6.45, 7) is 4.20. The molecule has 2 aliphatic carbocycles. The van der Waals surface area contributed by atoms with Crippen LogP contribution < -0.4 is 0 Å². The topological polar surface area (TPSA) is 23.5 Å². The van der Waals surface area contributed by atoms with Gasteiger partial charge in [0.1, 0.15) is 0 Å².